The monoisotopic (exact) mass is 1350 g/mol. The number of sulfonamides is 1. The van der Waals surface area contributed by atoms with Crippen molar-refractivity contribution in [3.8, 4) is 5.75 Å². The Kier molecular flexibility index (Phi) is 32.6. The van der Waals surface area contributed by atoms with Crippen molar-refractivity contribution < 1.29 is 36.5 Å². The number of likely N-dealkylation sites (N-methyl/N-ethyl adjacent to an activating group) is 1. The third kappa shape index (κ3) is 24.1. The molecular formula is C70H101Cl3N8O8S2. The summed E-state index contributed by atoms with van der Waals surface area (Å²) in [4.78, 5) is 62.9. The molecule has 5 aromatic rings. The first-order valence-corrected chi connectivity index (χ1v) is 36.1. The van der Waals surface area contributed by atoms with Crippen LogP contribution in [0.2, 0.25) is 15.1 Å². The Balaban J connectivity index is 0.000000247. The van der Waals surface area contributed by atoms with Crippen LogP contribution < -0.4 is 10.1 Å². The summed E-state index contributed by atoms with van der Waals surface area (Å²) in [6, 6.07) is 26.4. The fraction of sp³-hybridized carbons (Fsp3) is 0.529. The van der Waals surface area contributed by atoms with Gasteiger partial charge in [-0.2, -0.15) is 4.31 Å². The van der Waals surface area contributed by atoms with E-state index in [9.17, 15) is 31.8 Å². The van der Waals surface area contributed by atoms with Gasteiger partial charge >= 0.3 is 0 Å². The molecule has 4 heterocycles. The lowest BCUT2D eigenvalue weighted by Crippen LogP contribution is -2.50. The van der Waals surface area contributed by atoms with Crippen LogP contribution >= 0.6 is 34.8 Å². The summed E-state index contributed by atoms with van der Waals surface area (Å²) in [7, 11) is 0.933. The average molecular weight is 1350 g/mol. The van der Waals surface area contributed by atoms with Gasteiger partial charge in [0.2, 0.25) is 10.0 Å². The molecule has 0 aliphatic carbocycles. The summed E-state index contributed by atoms with van der Waals surface area (Å²) in [6.45, 7) is 34.7. The van der Waals surface area contributed by atoms with E-state index in [-0.39, 0.29) is 29.4 Å². The Morgan fingerprint density at radius 1 is 0.593 bits per heavy atom. The minimum Gasteiger partial charge on any atom is -0.496 e. The van der Waals surface area contributed by atoms with Gasteiger partial charge in [0.25, 0.3) is 23.6 Å². The average Bonchev–Trinajstić information content (AvgIpc) is 1.87. The van der Waals surface area contributed by atoms with Crippen molar-refractivity contribution in [3.63, 3.8) is 0 Å². The lowest BCUT2D eigenvalue weighted by molar-refractivity contribution is 0.0642. The van der Waals surface area contributed by atoms with E-state index in [1.165, 1.54) is 33.2 Å². The molecule has 4 aromatic carbocycles. The number of ether oxygens (including phenoxy) is 1. The summed E-state index contributed by atoms with van der Waals surface area (Å²) in [6.07, 6.45) is 5.99. The van der Waals surface area contributed by atoms with Crippen LogP contribution in [0.3, 0.4) is 0 Å². The molecule has 4 amide bonds. The first kappa shape index (κ1) is 78.0. The number of halogens is 3. The maximum atomic E-state index is 12.6. The fourth-order valence-electron chi connectivity index (χ4n) is 10.1. The van der Waals surface area contributed by atoms with Crippen molar-refractivity contribution in [1.82, 2.24) is 39.1 Å². The van der Waals surface area contributed by atoms with Gasteiger partial charge in [0, 0.05) is 97.6 Å². The van der Waals surface area contributed by atoms with Gasteiger partial charge in [0.05, 0.1) is 55.4 Å². The van der Waals surface area contributed by atoms with Crippen molar-refractivity contribution in [3.05, 3.63) is 156 Å². The summed E-state index contributed by atoms with van der Waals surface area (Å²) in [5.41, 5.74) is 8.05. The van der Waals surface area contributed by atoms with Crippen molar-refractivity contribution in [1.29, 1.82) is 0 Å². The van der Waals surface area contributed by atoms with E-state index in [2.05, 4.69) is 96.3 Å². The standard InChI is InChI=1S/C17H26N2O2.C16H23ClN2O3S.C16H23ClN2O.C12H16ClNO.C9H13NOS/c1-13(2)15-7-6-14(12-16(15)21-3)17(20)18-8-11-19-9-4-5-10-19;1-4-23(21,22)19-9-7-18(8-10-19)16(20)14-6-5-13(12(2)3)11-15(14)17;1-4-18-7-9-19(10-8-18)16(20)14-6-5-13(12(2)3)11-15(14)17;1-8(2)9-5-6-10(11(13)7-9)12(15)14(3)4;1-7(2)8-4-5-9(10-6-8)12(3)11/h6-7,12-13H,4-5,8-11H2,1-3H3,(H,18,20);5-6,11-12H,4,7-10H2,1-3H3;5-6,11-12H,4,7-10H2,1-3H3;5-8H,1-4H3;4-7H,1-3H3. The Morgan fingerprint density at radius 2 is 1.04 bits per heavy atom. The number of amides is 4. The molecule has 1 unspecified atom stereocenters. The Morgan fingerprint density at radius 3 is 1.42 bits per heavy atom. The van der Waals surface area contributed by atoms with Gasteiger partial charge in [-0.1, -0.05) is 141 Å². The topological polar surface area (TPSA) is 173 Å². The number of nitrogens with one attached hydrogen (secondary N) is 1. The largest absolute Gasteiger partial charge is 0.496 e. The SMILES string of the molecule is CC(C)c1ccc(C(=O)N(C)C)c(Cl)c1.CC(C)c1ccc(S(C)=O)nc1.CCN1CCN(C(=O)c2ccc(C(C)C)cc2Cl)CC1.CCS(=O)(=O)N1CCN(C(=O)c2ccc(C(C)C)cc2Cl)CC1.COc1cc(C(=O)NCCN2CCCC2)ccc1C(C)C. The van der Waals surface area contributed by atoms with E-state index in [1.807, 2.05) is 77.7 Å². The molecule has 1 atom stereocenters. The second kappa shape index (κ2) is 38.1. The molecule has 3 aliphatic rings. The number of rotatable bonds is 17. The first-order valence-electron chi connectivity index (χ1n) is 31.8. The molecule has 16 nitrogen and oxygen atoms in total. The second-order valence-electron chi connectivity index (χ2n) is 24.7. The molecule has 91 heavy (non-hydrogen) atoms. The van der Waals surface area contributed by atoms with Gasteiger partial charge < -0.3 is 34.6 Å². The Labute approximate surface area is 562 Å². The van der Waals surface area contributed by atoms with Crippen LogP contribution in [0.5, 0.6) is 5.75 Å². The number of aromatic nitrogens is 1. The molecule has 502 valence electrons. The maximum Gasteiger partial charge on any atom is 0.255 e. The number of carbonyl (C=O) groups excluding carboxylic acids is 4. The van der Waals surface area contributed by atoms with Crippen LogP contribution in [-0.2, 0) is 20.8 Å². The Hall–Kier alpha value is -5.44. The van der Waals surface area contributed by atoms with Crippen LogP contribution in [-0.4, -0.2) is 188 Å². The molecule has 3 saturated heterocycles. The number of benzene rings is 4. The molecule has 3 aliphatic heterocycles. The van der Waals surface area contributed by atoms with Gasteiger partial charge in [-0.15, -0.1) is 0 Å². The molecule has 0 radical (unpaired) electrons. The Bertz CT molecular complexity index is 3290. The number of pyridine rings is 1. The first-order chi connectivity index (χ1) is 42.9. The van der Waals surface area contributed by atoms with Gasteiger partial charge in [0.15, 0.2) is 0 Å². The van der Waals surface area contributed by atoms with Crippen molar-refractivity contribution in [2.24, 2.45) is 0 Å². The fourth-order valence-corrected chi connectivity index (χ4v) is 12.4. The molecule has 1 aromatic heterocycles. The minimum absolute atomic E-state index is 0.0252. The number of likely N-dealkylation sites (tertiary alicyclic amines) is 1. The zero-order valence-corrected chi connectivity index (χ0v) is 60.6. The number of methoxy groups -OCH3 is 1. The maximum absolute atomic E-state index is 12.6. The van der Waals surface area contributed by atoms with Gasteiger partial charge in [-0.25, -0.2) is 13.4 Å². The second-order valence-corrected chi connectivity index (χ2v) is 29.5. The number of hydrogen-bond donors (Lipinski definition) is 1. The third-order valence-electron chi connectivity index (χ3n) is 16.2. The highest BCUT2D eigenvalue weighted by Gasteiger charge is 2.29. The lowest BCUT2D eigenvalue weighted by Gasteiger charge is -2.34. The highest BCUT2D eigenvalue weighted by atomic mass is 35.5. The number of piperazine rings is 2. The molecule has 21 heteroatoms. The molecule has 0 bridgehead atoms. The van der Waals surface area contributed by atoms with E-state index in [1.54, 1.807) is 57.6 Å². The van der Waals surface area contributed by atoms with Crippen molar-refractivity contribution >= 4 is 79.3 Å². The van der Waals surface area contributed by atoms with Gasteiger partial charge in [-0.3, -0.25) is 23.4 Å². The summed E-state index contributed by atoms with van der Waals surface area (Å²) >= 11 is 18.6. The molecule has 8 rings (SSSR count). The third-order valence-corrected chi connectivity index (χ3v) is 19.9. The van der Waals surface area contributed by atoms with Crippen molar-refractivity contribution in [2.75, 3.05) is 118 Å². The normalized spacial score (nSPS) is 15.0. The van der Waals surface area contributed by atoms with Crippen LogP contribution in [0.25, 0.3) is 0 Å². The zero-order chi connectivity index (χ0) is 67.9. The number of nitrogens with zero attached hydrogens (tertiary/aromatic N) is 7. The van der Waals surface area contributed by atoms with Gasteiger partial charge in [0.1, 0.15) is 10.8 Å². The van der Waals surface area contributed by atoms with Crippen LogP contribution in [0.15, 0.2) is 96.2 Å². The quantitative estimate of drug-likeness (QED) is 0.0939. The van der Waals surface area contributed by atoms with Crippen LogP contribution in [0, 0.1) is 0 Å². The number of carbonyl (C=O) groups is 4. The van der Waals surface area contributed by atoms with E-state index >= 15 is 0 Å². The number of hydrogen-bond acceptors (Lipinski definition) is 11. The predicted molar refractivity (Wildman–Crippen MR) is 375 cm³/mol. The van der Waals surface area contributed by atoms with Crippen molar-refractivity contribution in [2.45, 2.75) is 131 Å². The summed E-state index contributed by atoms with van der Waals surface area (Å²) in [5, 5.41) is 5.19. The van der Waals surface area contributed by atoms with E-state index in [4.69, 9.17) is 39.5 Å². The minimum atomic E-state index is -3.19. The molecule has 1 N–H and O–H groups in total. The molecule has 3 fully saturated rings. The summed E-state index contributed by atoms with van der Waals surface area (Å²) in [5.74, 6) is 2.76. The predicted octanol–water partition coefficient (Wildman–Crippen LogP) is 13.6. The zero-order valence-electron chi connectivity index (χ0n) is 56.7. The van der Waals surface area contributed by atoms with E-state index < -0.39 is 20.8 Å². The van der Waals surface area contributed by atoms with Crippen LogP contribution in [0.1, 0.15) is 195 Å². The van der Waals surface area contributed by atoms with Crippen LogP contribution in [0.4, 0.5) is 0 Å². The lowest BCUT2D eigenvalue weighted by atomic mass is 10.00. The highest BCUT2D eigenvalue weighted by molar-refractivity contribution is 7.89. The van der Waals surface area contributed by atoms with E-state index in [0.29, 0.717) is 105 Å². The molecule has 0 spiro atoms. The van der Waals surface area contributed by atoms with Gasteiger partial charge in [-0.05, 0) is 151 Å². The molecule has 0 saturated carbocycles. The van der Waals surface area contributed by atoms with E-state index in [0.717, 1.165) is 74.8 Å². The molecular weight excluding hydrogens is 1250 g/mol. The highest BCUT2D eigenvalue weighted by Crippen LogP contribution is 2.29. The summed E-state index contributed by atoms with van der Waals surface area (Å²) < 4.78 is 41.5. The smallest absolute Gasteiger partial charge is 0.255 e.